The van der Waals surface area contributed by atoms with E-state index in [-0.39, 0.29) is 11.9 Å². The maximum absolute atomic E-state index is 11.1. The fraction of sp³-hybridized carbons (Fsp3) is 0.250. The highest BCUT2D eigenvalue weighted by molar-refractivity contribution is 5.99. The van der Waals surface area contributed by atoms with E-state index in [9.17, 15) is 9.59 Å². The fourth-order valence-electron chi connectivity index (χ4n) is 5.67. The number of carbonyl (C=O) groups excluding carboxylic acids is 2. The third-order valence-corrected chi connectivity index (χ3v) is 8.51. The summed E-state index contributed by atoms with van der Waals surface area (Å²) < 4.78 is 21.9. The van der Waals surface area contributed by atoms with Crippen LogP contribution in [0.25, 0.3) is 22.9 Å². The smallest absolute Gasteiger partial charge is 0.330 e. The zero-order chi connectivity index (χ0) is 38.4. The number of fused-ring (bicyclic) bond motifs is 1. The molecular formula is C48H48O6. The number of hydrogen-bond acceptors (Lipinski definition) is 6. The van der Waals surface area contributed by atoms with Crippen LogP contribution in [-0.2, 0) is 19.1 Å². The lowest BCUT2D eigenvalue weighted by Gasteiger charge is -2.13. The summed E-state index contributed by atoms with van der Waals surface area (Å²) in [5, 5.41) is 1.99. The highest BCUT2D eigenvalue weighted by atomic mass is 16.5. The zero-order valence-electron chi connectivity index (χ0n) is 31.0. The van der Waals surface area contributed by atoms with Crippen molar-refractivity contribution in [3.63, 3.8) is 0 Å². The van der Waals surface area contributed by atoms with E-state index in [0.717, 1.165) is 107 Å². The summed E-state index contributed by atoms with van der Waals surface area (Å²) in [6.45, 7) is 17.1. The molecule has 0 saturated heterocycles. The van der Waals surface area contributed by atoms with Crippen molar-refractivity contribution in [3.8, 4) is 35.2 Å². The average molecular weight is 721 g/mol. The first-order valence-electron chi connectivity index (χ1n) is 18.4. The van der Waals surface area contributed by atoms with Gasteiger partial charge in [-0.05, 0) is 122 Å². The molecule has 0 aromatic heterocycles. The van der Waals surface area contributed by atoms with Crippen LogP contribution in [0.2, 0.25) is 0 Å². The molecule has 276 valence electrons. The lowest BCUT2D eigenvalue weighted by atomic mass is 9.89. The quantitative estimate of drug-likeness (QED) is 0.0392. The van der Waals surface area contributed by atoms with Crippen molar-refractivity contribution in [2.75, 3.05) is 26.4 Å². The van der Waals surface area contributed by atoms with E-state index < -0.39 is 0 Å². The summed E-state index contributed by atoms with van der Waals surface area (Å²) in [5.41, 5.74) is 5.27. The molecule has 6 heteroatoms. The predicted molar refractivity (Wildman–Crippen MR) is 219 cm³/mol. The Kier molecular flexibility index (Phi) is 17.0. The van der Waals surface area contributed by atoms with Crippen LogP contribution < -0.4 is 9.47 Å². The normalized spacial score (nSPS) is 10.1. The van der Waals surface area contributed by atoms with Gasteiger partial charge in [-0.1, -0.05) is 86.4 Å². The lowest BCUT2D eigenvalue weighted by Crippen LogP contribution is -2.02. The Morgan fingerprint density at radius 2 is 0.852 bits per heavy atom. The number of hydrogen-bond donors (Lipinski definition) is 0. The summed E-state index contributed by atoms with van der Waals surface area (Å²) >= 11 is 0. The Labute approximate surface area is 320 Å². The maximum Gasteiger partial charge on any atom is 0.330 e. The van der Waals surface area contributed by atoms with E-state index in [1.807, 2.05) is 72.8 Å². The number of rotatable bonds is 20. The van der Waals surface area contributed by atoms with E-state index in [4.69, 9.17) is 18.9 Å². The van der Waals surface area contributed by atoms with E-state index in [1.54, 1.807) is 0 Å². The minimum Gasteiger partial charge on any atom is -0.494 e. The standard InChI is InChI=1S/C48H48O6/c1-5-41-42(6-2)46(32-26-38-23-29-40(30-24-38)52-34-16-10-12-18-36-54-48(50)8-4)44-20-14-13-19-43(44)45(41)31-25-37-21-27-39(28-22-37)51-33-15-9-11-17-35-53-47(49)7-3/h5-8,13-14,19-24,27-30H,1-4,9-12,15-18,33-36H2. The van der Waals surface area contributed by atoms with Crippen molar-refractivity contribution in [3.05, 3.63) is 145 Å². The minimum atomic E-state index is -0.379. The van der Waals surface area contributed by atoms with E-state index >= 15 is 0 Å². The van der Waals surface area contributed by atoms with Crippen molar-refractivity contribution in [2.45, 2.75) is 51.4 Å². The molecule has 0 saturated carbocycles. The second kappa shape index (κ2) is 22.6. The number of carbonyl (C=O) groups is 2. The van der Waals surface area contributed by atoms with Crippen LogP contribution >= 0.6 is 0 Å². The Hall–Kier alpha value is -6.24. The number of ether oxygens (including phenoxy) is 4. The second-order valence-corrected chi connectivity index (χ2v) is 12.3. The maximum atomic E-state index is 11.1. The van der Waals surface area contributed by atoms with Crippen LogP contribution in [0.5, 0.6) is 11.5 Å². The fourth-order valence-corrected chi connectivity index (χ4v) is 5.67. The van der Waals surface area contributed by atoms with Crippen molar-refractivity contribution < 1.29 is 28.5 Å². The number of benzene rings is 4. The number of esters is 2. The first kappa shape index (κ1) is 40.5. The number of unbranched alkanes of at least 4 members (excludes halogenated alkanes) is 6. The monoisotopic (exact) mass is 720 g/mol. The Bertz CT molecular complexity index is 1880. The van der Waals surface area contributed by atoms with Crippen LogP contribution in [0.1, 0.15) is 84.7 Å². The van der Waals surface area contributed by atoms with Gasteiger partial charge in [0.15, 0.2) is 0 Å². The molecule has 0 radical (unpaired) electrons. The molecule has 4 aromatic carbocycles. The largest absolute Gasteiger partial charge is 0.494 e. The molecule has 6 nitrogen and oxygen atoms in total. The molecule has 4 rings (SSSR count). The Morgan fingerprint density at radius 3 is 1.20 bits per heavy atom. The van der Waals surface area contributed by atoms with Gasteiger partial charge in [0.05, 0.1) is 26.4 Å². The van der Waals surface area contributed by atoms with E-state index in [1.165, 1.54) is 12.2 Å². The van der Waals surface area contributed by atoms with Gasteiger partial charge in [-0.2, -0.15) is 0 Å². The van der Waals surface area contributed by atoms with Gasteiger partial charge >= 0.3 is 11.9 Å². The van der Waals surface area contributed by atoms with Crippen LogP contribution in [0, 0.1) is 23.7 Å². The van der Waals surface area contributed by atoms with Gasteiger partial charge in [0.2, 0.25) is 0 Å². The first-order valence-corrected chi connectivity index (χ1v) is 18.4. The van der Waals surface area contributed by atoms with Crippen molar-refractivity contribution in [1.82, 2.24) is 0 Å². The van der Waals surface area contributed by atoms with Crippen molar-refractivity contribution >= 4 is 34.9 Å². The van der Waals surface area contributed by atoms with Crippen LogP contribution in [0.4, 0.5) is 0 Å². The summed E-state index contributed by atoms with van der Waals surface area (Å²) in [6, 6.07) is 23.8. The van der Waals surface area contributed by atoms with Gasteiger partial charge < -0.3 is 18.9 Å². The minimum absolute atomic E-state index is 0.379. The molecule has 0 aliphatic rings. The molecule has 54 heavy (non-hydrogen) atoms. The topological polar surface area (TPSA) is 71.1 Å². The lowest BCUT2D eigenvalue weighted by molar-refractivity contribution is -0.138. The summed E-state index contributed by atoms with van der Waals surface area (Å²) in [7, 11) is 0. The van der Waals surface area contributed by atoms with Crippen LogP contribution in [0.15, 0.2) is 111 Å². The van der Waals surface area contributed by atoms with E-state index in [0.29, 0.717) is 26.4 Å². The van der Waals surface area contributed by atoms with Crippen LogP contribution in [0.3, 0.4) is 0 Å². The van der Waals surface area contributed by atoms with Gasteiger partial charge in [-0.15, -0.1) is 0 Å². The third kappa shape index (κ3) is 12.8. The van der Waals surface area contributed by atoms with E-state index in [2.05, 4.69) is 62.1 Å². The van der Waals surface area contributed by atoms with Crippen LogP contribution in [-0.4, -0.2) is 38.4 Å². The Balaban J connectivity index is 1.38. The summed E-state index contributed by atoms with van der Waals surface area (Å²) in [5.74, 6) is 14.4. The molecule has 0 atom stereocenters. The van der Waals surface area contributed by atoms with Crippen molar-refractivity contribution in [2.24, 2.45) is 0 Å². The molecular weight excluding hydrogens is 673 g/mol. The Morgan fingerprint density at radius 1 is 0.481 bits per heavy atom. The molecule has 0 fully saturated rings. The highest BCUT2D eigenvalue weighted by Crippen LogP contribution is 2.32. The molecule has 0 N–H and O–H groups in total. The zero-order valence-corrected chi connectivity index (χ0v) is 31.0. The molecule has 0 aliphatic heterocycles. The average Bonchev–Trinajstić information content (AvgIpc) is 3.21. The van der Waals surface area contributed by atoms with Crippen molar-refractivity contribution in [1.29, 1.82) is 0 Å². The van der Waals surface area contributed by atoms with Gasteiger partial charge in [0.1, 0.15) is 11.5 Å². The highest BCUT2D eigenvalue weighted by Gasteiger charge is 2.14. The molecule has 0 bridgehead atoms. The molecule has 0 spiro atoms. The predicted octanol–water partition coefficient (Wildman–Crippen LogP) is 10.3. The molecule has 0 amide bonds. The SMILES string of the molecule is C=CC(=O)OCCCCCCOc1ccc(C#Cc2c(C=C)c(C=C)c(C#Cc3ccc(OCCCCCCOC(=O)C=C)cc3)c3ccccc23)cc1. The summed E-state index contributed by atoms with van der Waals surface area (Å²) in [4.78, 5) is 22.2. The van der Waals surface area contributed by atoms with Gasteiger partial charge in [-0.3, -0.25) is 0 Å². The first-order chi connectivity index (χ1) is 26.5. The molecule has 0 unspecified atom stereocenters. The van der Waals surface area contributed by atoms with Gasteiger partial charge in [0, 0.05) is 34.4 Å². The second-order valence-electron chi connectivity index (χ2n) is 12.3. The van der Waals surface area contributed by atoms with Gasteiger partial charge in [-0.25, -0.2) is 9.59 Å². The molecule has 0 aliphatic carbocycles. The summed E-state index contributed by atoms with van der Waals surface area (Å²) in [6.07, 6.45) is 13.4. The molecule has 4 aromatic rings. The molecule has 0 heterocycles. The van der Waals surface area contributed by atoms with Gasteiger partial charge in [0.25, 0.3) is 0 Å². The third-order valence-electron chi connectivity index (χ3n) is 8.51.